The second kappa shape index (κ2) is 9.86. The van der Waals surface area contributed by atoms with Crippen LogP contribution in [0.1, 0.15) is 12.8 Å². The molecule has 0 aliphatic carbocycles. The number of nitrogens with zero attached hydrogens (tertiary/aromatic N) is 3. The molecule has 0 radical (unpaired) electrons. The number of pyridine rings is 1. The fraction of sp³-hybridized carbons (Fsp3) is 0.250. The molecule has 1 saturated heterocycles. The number of carbonyl (C=O) groups excluding carboxylic acids is 1. The van der Waals surface area contributed by atoms with Gasteiger partial charge in [-0.2, -0.15) is 4.31 Å². The number of hydrogen-bond donors (Lipinski definition) is 1. The van der Waals surface area contributed by atoms with Gasteiger partial charge in [0.15, 0.2) is 5.03 Å². The lowest BCUT2D eigenvalue weighted by Gasteiger charge is -2.35. The van der Waals surface area contributed by atoms with Crippen LogP contribution >= 0.6 is 0 Å². The zero-order valence-corrected chi connectivity index (χ0v) is 19.3. The van der Waals surface area contributed by atoms with E-state index < -0.39 is 21.7 Å². The van der Waals surface area contributed by atoms with Crippen molar-refractivity contribution in [2.45, 2.75) is 23.9 Å². The topological polar surface area (TPSA) is 82.6 Å². The van der Waals surface area contributed by atoms with Crippen molar-refractivity contribution in [1.29, 1.82) is 0 Å². The zero-order valence-electron chi connectivity index (χ0n) is 18.5. The Labute approximate surface area is 197 Å². The normalized spacial score (nSPS) is 15.1. The third-order valence-electron chi connectivity index (χ3n) is 5.87. The van der Waals surface area contributed by atoms with Gasteiger partial charge in [0.05, 0.1) is 0 Å². The minimum atomic E-state index is -3.66. The van der Waals surface area contributed by atoms with Crippen LogP contribution in [0.15, 0.2) is 71.9 Å². The lowest BCUT2D eigenvalue weighted by Crippen LogP contribution is -2.48. The number of aromatic nitrogens is 1. The largest absolute Gasteiger partial charge is 0.325 e. The van der Waals surface area contributed by atoms with E-state index in [-0.39, 0.29) is 17.1 Å². The van der Waals surface area contributed by atoms with E-state index in [2.05, 4.69) is 10.3 Å². The van der Waals surface area contributed by atoms with Crippen molar-refractivity contribution in [1.82, 2.24) is 14.2 Å². The summed E-state index contributed by atoms with van der Waals surface area (Å²) in [5, 5.41) is 2.82. The Kier molecular flexibility index (Phi) is 6.90. The molecular formula is C24H24F2N4O3S. The van der Waals surface area contributed by atoms with Crippen molar-refractivity contribution in [2.75, 3.05) is 25.5 Å². The van der Waals surface area contributed by atoms with E-state index in [1.165, 1.54) is 28.7 Å². The molecule has 34 heavy (non-hydrogen) atoms. The fourth-order valence-electron chi connectivity index (χ4n) is 3.95. The molecule has 0 unspecified atom stereocenters. The van der Waals surface area contributed by atoms with Crippen molar-refractivity contribution >= 4 is 21.7 Å². The highest BCUT2D eigenvalue weighted by atomic mass is 32.2. The number of hydrogen-bond acceptors (Lipinski definition) is 4. The SMILES string of the molecule is CN(C(=O)Nc1ccc(-c2cc(F)cc(F)c2)cc1)C1CCN(S(=O)(=O)c2ccccn2)CC1. The molecule has 1 aliphatic rings. The van der Waals surface area contributed by atoms with Gasteiger partial charge in [0, 0.05) is 44.1 Å². The number of halogens is 2. The molecule has 4 rings (SSSR count). The van der Waals surface area contributed by atoms with Gasteiger partial charge in [0.25, 0.3) is 10.0 Å². The van der Waals surface area contributed by atoms with E-state index in [1.54, 1.807) is 48.3 Å². The van der Waals surface area contributed by atoms with Gasteiger partial charge >= 0.3 is 6.03 Å². The van der Waals surface area contributed by atoms with Gasteiger partial charge in [-0.3, -0.25) is 0 Å². The summed E-state index contributed by atoms with van der Waals surface area (Å²) < 4.78 is 53.8. The van der Waals surface area contributed by atoms with Crippen LogP contribution in [0.2, 0.25) is 0 Å². The van der Waals surface area contributed by atoms with Crippen LogP contribution in [0.25, 0.3) is 11.1 Å². The summed E-state index contributed by atoms with van der Waals surface area (Å²) in [6, 6.07) is 14.3. The van der Waals surface area contributed by atoms with Gasteiger partial charge in [0.1, 0.15) is 11.6 Å². The number of piperidine rings is 1. The number of sulfonamides is 1. The molecule has 3 aromatic rings. The van der Waals surface area contributed by atoms with Gasteiger partial charge in [-0.05, 0) is 60.4 Å². The smallest absolute Gasteiger partial charge is 0.321 e. The van der Waals surface area contributed by atoms with Crippen LogP contribution in [-0.2, 0) is 10.0 Å². The first kappa shape index (κ1) is 23.8. The van der Waals surface area contributed by atoms with Crippen molar-refractivity contribution in [3.8, 4) is 11.1 Å². The number of rotatable bonds is 5. The van der Waals surface area contributed by atoms with E-state index in [9.17, 15) is 22.0 Å². The number of benzene rings is 2. The number of carbonyl (C=O) groups is 1. The minimum Gasteiger partial charge on any atom is -0.325 e. The molecule has 10 heteroatoms. The number of amides is 2. The van der Waals surface area contributed by atoms with E-state index >= 15 is 0 Å². The van der Waals surface area contributed by atoms with Crippen molar-refractivity contribution in [2.24, 2.45) is 0 Å². The summed E-state index contributed by atoms with van der Waals surface area (Å²) in [5.41, 5.74) is 1.55. The summed E-state index contributed by atoms with van der Waals surface area (Å²) in [7, 11) is -1.98. The van der Waals surface area contributed by atoms with E-state index in [0.29, 0.717) is 42.7 Å². The maximum Gasteiger partial charge on any atom is 0.321 e. The standard InChI is InChI=1S/C24H24F2N4O3S/c1-29(22-9-12-30(13-10-22)34(32,33)23-4-2-3-11-27-23)24(31)28-21-7-5-17(6-8-21)18-14-19(25)16-20(26)15-18/h2-8,11,14-16,22H,9-10,12-13H2,1H3,(H,28,31). The van der Waals surface area contributed by atoms with E-state index in [0.717, 1.165) is 6.07 Å². The van der Waals surface area contributed by atoms with Crippen LogP contribution < -0.4 is 5.32 Å². The lowest BCUT2D eigenvalue weighted by atomic mass is 10.0. The molecule has 1 N–H and O–H groups in total. The third kappa shape index (κ3) is 5.23. The molecule has 1 aromatic heterocycles. The van der Waals surface area contributed by atoms with Crippen LogP contribution in [0.5, 0.6) is 0 Å². The Morgan fingerprint density at radius 1 is 1.00 bits per heavy atom. The van der Waals surface area contributed by atoms with Gasteiger partial charge < -0.3 is 10.2 Å². The molecule has 7 nitrogen and oxygen atoms in total. The summed E-state index contributed by atoms with van der Waals surface area (Å²) in [4.78, 5) is 18.2. The van der Waals surface area contributed by atoms with E-state index in [4.69, 9.17) is 0 Å². The van der Waals surface area contributed by atoms with Crippen molar-refractivity contribution < 1.29 is 22.0 Å². The van der Waals surface area contributed by atoms with Crippen molar-refractivity contribution in [3.05, 3.63) is 78.5 Å². The first-order valence-electron chi connectivity index (χ1n) is 10.8. The first-order chi connectivity index (χ1) is 16.2. The van der Waals surface area contributed by atoms with Crippen LogP contribution in [0, 0.1) is 11.6 Å². The minimum absolute atomic E-state index is 0.0176. The molecule has 2 amide bonds. The quantitative estimate of drug-likeness (QED) is 0.582. The molecule has 2 heterocycles. The van der Waals surface area contributed by atoms with Gasteiger partial charge in [0.2, 0.25) is 0 Å². The van der Waals surface area contributed by atoms with E-state index in [1.807, 2.05) is 0 Å². The Morgan fingerprint density at radius 2 is 1.65 bits per heavy atom. The Hall–Kier alpha value is -3.37. The van der Waals surface area contributed by atoms with Crippen LogP contribution in [-0.4, -0.2) is 54.8 Å². The molecule has 1 aliphatic heterocycles. The van der Waals surface area contributed by atoms with Crippen LogP contribution in [0.4, 0.5) is 19.3 Å². The predicted octanol–water partition coefficient (Wildman–Crippen LogP) is 4.34. The molecule has 178 valence electrons. The average Bonchev–Trinajstić information content (AvgIpc) is 2.84. The monoisotopic (exact) mass is 486 g/mol. The highest BCUT2D eigenvalue weighted by Gasteiger charge is 2.32. The lowest BCUT2D eigenvalue weighted by molar-refractivity contribution is 0.173. The molecule has 0 spiro atoms. The summed E-state index contributed by atoms with van der Waals surface area (Å²) >= 11 is 0. The van der Waals surface area contributed by atoms with Gasteiger partial charge in [-0.1, -0.05) is 18.2 Å². The molecule has 2 aromatic carbocycles. The predicted molar refractivity (Wildman–Crippen MR) is 125 cm³/mol. The van der Waals surface area contributed by atoms with Crippen LogP contribution in [0.3, 0.4) is 0 Å². The summed E-state index contributed by atoms with van der Waals surface area (Å²) in [5.74, 6) is -1.32. The number of nitrogens with one attached hydrogen (secondary N) is 1. The number of anilines is 1. The molecule has 1 fully saturated rings. The average molecular weight is 487 g/mol. The maximum atomic E-state index is 13.5. The maximum absolute atomic E-state index is 13.5. The first-order valence-corrected chi connectivity index (χ1v) is 12.2. The molecule has 0 saturated carbocycles. The van der Waals surface area contributed by atoms with Crippen molar-refractivity contribution in [3.63, 3.8) is 0 Å². The summed E-state index contributed by atoms with van der Waals surface area (Å²) in [6.45, 7) is 0.584. The Bertz CT molecular complexity index is 1240. The molecular weight excluding hydrogens is 462 g/mol. The molecule has 0 atom stereocenters. The number of urea groups is 1. The van der Waals surface area contributed by atoms with Gasteiger partial charge in [-0.15, -0.1) is 0 Å². The Balaban J connectivity index is 1.34. The highest BCUT2D eigenvalue weighted by molar-refractivity contribution is 7.89. The summed E-state index contributed by atoms with van der Waals surface area (Å²) in [6.07, 6.45) is 2.45. The zero-order chi connectivity index (χ0) is 24.3. The van der Waals surface area contributed by atoms with Gasteiger partial charge in [-0.25, -0.2) is 27.0 Å². The highest BCUT2D eigenvalue weighted by Crippen LogP contribution is 2.25. The fourth-order valence-corrected chi connectivity index (χ4v) is 5.35. The Morgan fingerprint density at radius 3 is 2.24 bits per heavy atom. The third-order valence-corrected chi connectivity index (χ3v) is 7.68. The molecule has 0 bridgehead atoms. The second-order valence-corrected chi connectivity index (χ2v) is 9.96. The second-order valence-electron chi connectivity index (χ2n) is 8.08.